The Bertz CT molecular complexity index is 1590. The number of nitrogens with zero attached hydrogens (tertiary/aromatic N) is 1. The lowest BCUT2D eigenvalue weighted by molar-refractivity contribution is -0.274. The van der Waals surface area contributed by atoms with Crippen LogP contribution in [-0.4, -0.2) is 29.9 Å². The fourth-order valence-electron chi connectivity index (χ4n) is 4.23. The SMILES string of the molecule is O=C(Nc1ccc(Cl)cc1OC(F)(F)F)NC(Cc1ccccc1)(c1cccc(OC(F)(F)C(F)F)c1)c1ccc(Cl)cn1. The van der Waals surface area contributed by atoms with Gasteiger partial charge in [0, 0.05) is 23.7 Å². The minimum absolute atomic E-state index is 0.0387. The molecule has 2 amide bonds. The lowest BCUT2D eigenvalue weighted by Gasteiger charge is -2.36. The van der Waals surface area contributed by atoms with Gasteiger partial charge in [0.1, 0.15) is 11.3 Å². The van der Waals surface area contributed by atoms with Gasteiger partial charge in [0.15, 0.2) is 5.75 Å². The summed E-state index contributed by atoms with van der Waals surface area (Å²) >= 11 is 11.9. The quantitative estimate of drug-likeness (QED) is 0.167. The van der Waals surface area contributed by atoms with Gasteiger partial charge in [0.05, 0.1) is 16.4 Å². The summed E-state index contributed by atoms with van der Waals surface area (Å²) in [5.74, 6) is -1.48. The number of urea groups is 1. The van der Waals surface area contributed by atoms with Gasteiger partial charge in [0.2, 0.25) is 0 Å². The van der Waals surface area contributed by atoms with E-state index in [0.29, 0.717) is 5.56 Å². The van der Waals surface area contributed by atoms with Gasteiger partial charge in [0.25, 0.3) is 0 Å². The molecule has 15 heteroatoms. The molecule has 2 N–H and O–H groups in total. The molecule has 0 aliphatic rings. The number of carbonyl (C=O) groups is 1. The smallest absolute Gasteiger partial charge is 0.428 e. The molecule has 0 fully saturated rings. The lowest BCUT2D eigenvalue weighted by Crippen LogP contribution is -2.50. The molecular weight excluding hydrogens is 642 g/mol. The number of aromatic nitrogens is 1. The van der Waals surface area contributed by atoms with Crippen molar-refractivity contribution in [2.75, 3.05) is 5.32 Å². The average molecular weight is 662 g/mol. The number of ether oxygens (including phenoxy) is 2. The Morgan fingerprint density at radius 2 is 1.55 bits per heavy atom. The van der Waals surface area contributed by atoms with E-state index in [2.05, 4.69) is 25.1 Å². The number of carbonyl (C=O) groups excluding carboxylic acids is 1. The first-order valence-corrected chi connectivity index (χ1v) is 13.2. The van der Waals surface area contributed by atoms with Crippen molar-refractivity contribution in [3.63, 3.8) is 0 Å². The van der Waals surface area contributed by atoms with Crippen molar-refractivity contribution in [3.8, 4) is 11.5 Å². The normalized spacial score (nSPS) is 13.2. The van der Waals surface area contributed by atoms with Gasteiger partial charge in [-0.25, -0.2) is 4.79 Å². The maximum atomic E-state index is 13.8. The van der Waals surface area contributed by atoms with Crippen LogP contribution < -0.4 is 20.1 Å². The predicted octanol–water partition coefficient (Wildman–Crippen LogP) is 8.83. The summed E-state index contributed by atoms with van der Waals surface area (Å²) in [7, 11) is 0. The van der Waals surface area contributed by atoms with Crippen LogP contribution >= 0.6 is 23.2 Å². The minimum Gasteiger partial charge on any atom is -0.428 e. The number of halogens is 9. The van der Waals surface area contributed by atoms with Gasteiger partial charge in [-0.3, -0.25) is 4.98 Å². The highest BCUT2D eigenvalue weighted by molar-refractivity contribution is 6.31. The van der Waals surface area contributed by atoms with E-state index in [1.54, 1.807) is 30.3 Å². The van der Waals surface area contributed by atoms with Crippen LogP contribution in [0.1, 0.15) is 16.8 Å². The van der Waals surface area contributed by atoms with E-state index in [-0.39, 0.29) is 27.7 Å². The molecule has 1 atom stereocenters. The number of amides is 2. The van der Waals surface area contributed by atoms with Crippen molar-refractivity contribution in [2.24, 2.45) is 0 Å². The first-order valence-electron chi connectivity index (χ1n) is 12.4. The van der Waals surface area contributed by atoms with E-state index in [0.717, 1.165) is 24.3 Å². The zero-order chi connectivity index (χ0) is 32.1. The molecule has 0 saturated heterocycles. The first-order chi connectivity index (χ1) is 20.7. The molecule has 0 saturated carbocycles. The zero-order valence-electron chi connectivity index (χ0n) is 22.0. The van der Waals surface area contributed by atoms with E-state index in [1.807, 2.05) is 0 Å². The van der Waals surface area contributed by atoms with Gasteiger partial charge < -0.3 is 20.1 Å². The molecule has 4 aromatic rings. The molecule has 6 nitrogen and oxygen atoms in total. The second kappa shape index (κ2) is 13.2. The van der Waals surface area contributed by atoms with Crippen LogP contribution in [0.25, 0.3) is 0 Å². The van der Waals surface area contributed by atoms with Crippen LogP contribution in [0.5, 0.6) is 11.5 Å². The minimum atomic E-state index is -5.12. The van der Waals surface area contributed by atoms with Gasteiger partial charge in [-0.1, -0.05) is 65.7 Å². The van der Waals surface area contributed by atoms with Crippen LogP contribution in [0.4, 0.5) is 41.2 Å². The van der Waals surface area contributed by atoms with Crippen molar-refractivity contribution >= 4 is 34.9 Å². The van der Waals surface area contributed by atoms with E-state index in [4.69, 9.17) is 23.2 Å². The van der Waals surface area contributed by atoms with Crippen molar-refractivity contribution in [3.05, 3.63) is 118 Å². The average Bonchev–Trinajstić information content (AvgIpc) is 2.94. The second-order valence-corrected chi connectivity index (χ2v) is 10.1. The Morgan fingerprint density at radius 1 is 0.841 bits per heavy atom. The van der Waals surface area contributed by atoms with Crippen molar-refractivity contribution in [1.29, 1.82) is 0 Å². The summed E-state index contributed by atoms with van der Waals surface area (Å²) in [6.07, 6.45) is -13.0. The predicted molar refractivity (Wildman–Crippen MR) is 148 cm³/mol. The second-order valence-electron chi connectivity index (χ2n) is 9.19. The molecule has 0 aliphatic heterocycles. The molecule has 0 bridgehead atoms. The Morgan fingerprint density at radius 3 is 2.18 bits per heavy atom. The van der Waals surface area contributed by atoms with E-state index < -0.39 is 47.7 Å². The monoisotopic (exact) mass is 661 g/mol. The third-order valence-corrected chi connectivity index (χ3v) is 6.51. The number of nitrogens with one attached hydrogen (secondary N) is 2. The van der Waals surface area contributed by atoms with E-state index >= 15 is 0 Å². The van der Waals surface area contributed by atoms with Gasteiger partial charge in [-0.2, -0.15) is 17.6 Å². The Labute approximate surface area is 255 Å². The molecule has 0 radical (unpaired) electrons. The summed E-state index contributed by atoms with van der Waals surface area (Å²) in [4.78, 5) is 17.9. The lowest BCUT2D eigenvalue weighted by atomic mass is 9.80. The van der Waals surface area contributed by atoms with Crippen LogP contribution in [0.15, 0.2) is 91.1 Å². The highest BCUT2D eigenvalue weighted by Crippen LogP contribution is 2.38. The number of rotatable bonds is 10. The van der Waals surface area contributed by atoms with Gasteiger partial charge in [-0.15, -0.1) is 13.2 Å². The summed E-state index contributed by atoms with van der Waals surface area (Å²) in [6.45, 7) is 0. The largest absolute Gasteiger partial charge is 0.573 e. The van der Waals surface area contributed by atoms with E-state index in [9.17, 15) is 35.5 Å². The van der Waals surface area contributed by atoms with Crippen molar-refractivity contribution in [2.45, 2.75) is 30.9 Å². The first kappa shape index (κ1) is 32.7. The van der Waals surface area contributed by atoms with Crippen molar-refractivity contribution < 1.29 is 45.0 Å². The molecule has 1 aromatic heterocycles. The maximum absolute atomic E-state index is 13.8. The molecule has 44 heavy (non-hydrogen) atoms. The van der Waals surface area contributed by atoms with Crippen LogP contribution in [0.2, 0.25) is 10.0 Å². The number of alkyl halides is 7. The number of benzene rings is 3. The van der Waals surface area contributed by atoms with Crippen LogP contribution in [0.3, 0.4) is 0 Å². The molecule has 4 rings (SSSR count). The molecule has 3 aromatic carbocycles. The Balaban J connectivity index is 1.84. The third kappa shape index (κ3) is 8.23. The summed E-state index contributed by atoms with van der Waals surface area (Å²) in [5.41, 5.74) is -1.47. The van der Waals surface area contributed by atoms with Gasteiger partial charge >= 0.3 is 24.9 Å². The zero-order valence-corrected chi connectivity index (χ0v) is 23.5. The van der Waals surface area contributed by atoms with Crippen molar-refractivity contribution in [1.82, 2.24) is 10.3 Å². The van der Waals surface area contributed by atoms with E-state index in [1.165, 1.54) is 36.5 Å². The number of pyridine rings is 1. The number of anilines is 1. The molecule has 1 heterocycles. The topological polar surface area (TPSA) is 72.5 Å². The number of hydrogen-bond acceptors (Lipinski definition) is 4. The standard InChI is InChI=1S/C29H20Cl2F7N3O3/c30-19-9-11-22(23(14-19)44-29(36,37)38)40-26(42)41-27(15-17-5-2-1-3-6-17,24-12-10-20(31)16-39-24)18-7-4-8-21(13-18)43-28(34,35)25(32)33/h1-14,16,25H,15H2,(H2,40,41,42). The Hall–Kier alpha value is -4.23. The third-order valence-electron chi connectivity index (χ3n) is 6.06. The highest BCUT2D eigenvalue weighted by Gasteiger charge is 2.45. The highest BCUT2D eigenvalue weighted by atomic mass is 35.5. The fourth-order valence-corrected chi connectivity index (χ4v) is 4.51. The Kier molecular flexibility index (Phi) is 9.79. The van der Waals surface area contributed by atoms with Crippen LogP contribution in [0, 0.1) is 0 Å². The molecule has 1 unspecified atom stereocenters. The number of hydrogen-bond donors (Lipinski definition) is 2. The maximum Gasteiger partial charge on any atom is 0.573 e. The molecule has 232 valence electrons. The molecule has 0 aliphatic carbocycles. The fraction of sp³-hybridized carbons (Fsp3) is 0.172. The van der Waals surface area contributed by atoms with Crippen LogP contribution in [-0.2, 0) is 12.0 Å². The van der Waals surface area contributed by atoms with Gasteiger partial charge in [-0.05, 0) is 47.5 Å². The molecular formula is C29H20Cl2F7N3O3. The molecule has 0 spiro atoms. The summed E-state index contributed by atoms with van der Waals surface area (Å²) in [6, 6.07) is 18.0. The summed E-state index contributed by atoms with van der Waals surface area (Å²) in [5, 5.41) is 5.05. The summed E-state index contributed by atoms with van der Waals surface area (Å²) < 4.78 is 101.